The largest absolute Gasteiger partial charge is 0.381 e. The second-order valence-corrected chi connectivity index (χ2v) is 9.34. The number of benzene rings is 1. The minimum Gasteiger partial charge on any atom is -0.381 e. The molecule has 2 aromatic rings. The van der Waals surface area contributed by atoms with Crippen LogP contribution in [0.2, 0.25) is 0 Å². The summed E-state index contributed by atoms with van der Waals surface area (Å²) in [7, 11) is -3.38. The molecule has 0 aliphatic carbocycles. The number of ether oxygens (including phenoxy) is 1. The number of anilines is 3. The number of nitrogens with one attached hydrogen (secondary N) is 2. The minimum absolute atomic E-state index is 0.00292. The van der Waals surface area contributed by atoms with Crippen LogP contribution in [0.3, 0.4) is 0 Å². The standard InChI is InChI=1S/C20H27N5O4S/c1-3-16-19(22-11-13-6-5-9-29-12-13)25-20(17(24-16)18(21)26)23-14-7-4-8-15(10-14)30(2,27)28/h4,7-8,10,13H,3,5-6,9,11-12H2,1-2H3,(H2,21,26)(H2,22,23,25). The Morgan fingerprint density at radius 1 is 1.30 bits per heavy atom. The molecule has 1 aliphatic heterocycles. The summed E-state index contributed by atoms with van der Waals surface area (Å²) in [6.45, 7) is 4.10. The summed E-state index contributed by atoms with van der Waals surface area (Å²) in [6.07, 6.45) is 3.81. The highest BCUT2D eigenvalue weighted by molar-refractivity contribution is 7.90. The number of amides is 1. The van der Waals surface area contributed by atoms with Crippen molar-refractivity contribution in [1.29, 1.82) is 0 Å². The number of carbonyl (C=O) groups is 1. The summed E-state index contributed by atoms with van der Waals surface area (Å²) < 4.78 is 29.2. The number of hydrogen-bond acceptors (Lipinski definition) is 8. The SMILES string of the molecule is CCc1nc(C(N)=O)c(Nc2cccc(S(C)(=O)=O)c2)nc1NCC1CCCOC1. The van der Waals surface area contributed by atoms with Crippen LogP contribution in [0.15, 0.2) is 29.2 Å². The van der Waals surface area contributed by atoms with Crippen molar-refractivity contribution in [2.45, 2.75) is 31.1 Å². The zero-order chi connectivity index (χ0) is 21.7. The molecule has 0 spiro atoms. The van der Waals surface area contributed by atoms with Crippen molar-refractivity contribution < 1.29 is 17.9 Å². The Morgan fingerprint density at radius 2 is 2.10 bits per heavy atom. The smallest absolute Gasteiger partial charge is 0.271 e. The summed E-state index contributed by atoms with van der Waals surface area (Å²) in [5.74, 6) is 0.401. The van der Waals surface area contributed by atoms with Gasteiger partial charge in [0.2, 0.25) is 0 Å². The number of nitrogens with zero attached hydrogens (tertiary/aromatic N) is 2. The molecule has 162 valence electrons. The van der Waals surface area contributed by atoms with Crippen molar-refractivity contribution >= 4 is 33.1 Å². The Bertz CT molecular complexity index is 1020. The van der Waals surface area contributed by atoms with E-state index in [0.717, 1.165) is 25.7 Å². The third-order valence-corrected chi connectivity index (χ3v) is 5.98. The fraction of sp³-hybridized carbons (Fsp3) is 0.450. The molecule has 4 N–H and O–H groups in total. The highest BCUT2D eigenvalue weighted by atomic mass is 32.2. The fourth-order valence-corrected chi connectivity index (χ4v) is 3.93. The number of hydrogen-bond donors (Lipinski definition) is 3. The number of rotatable bonds is 8. The van der Waals surface area contributed by atoms with Gasteiger partial charge in [0.25, 0.3) is 5.91 Å². The van der Waals surface area contributed by atoms with Crippen LogP contribution in [0, 0.1) is 5.92 Å². The van der Waals surface area contributed by atoms with E-state index in [0.29, 0.717) is 42.7 Å². The maximum Gasteiger partial charge on any atom is 0.271 e. The summed E-state index contributed by atoms with van der Waals surface area (Å²) in [6, 6.07) is 6.27. The lowest BCUT2D eigenvalue weighted by Crippen LogP contribution is -2.26. The number of primary amides is 1. The van der Waals surface area contributed by atoms with E-state index in [4.69, 9.17) is 10.5 Å². The molecule has 0 saturated carbocycles. The number of nitrogens with two attached hydrogens (primary N) is 1. The van der Waals surface area contributed by atoms with E-state index in [1.807, 2.05) is 6.92 Å². The van der Waals surface area contributed by atoms with Gasteiger partial charge in [-0.3, -0.25) is 4.79 Å². The number of aromatic nitrogens is 2. The highest BCUT2D eigenvalue weighted by Crippen LogP contribution is 2.25. The molecule has 9 nitrogen and oxygen atoms in total. The summed E-state index contributed by atoms with van der Waals surface area (Å²) >= 11 is 0. The maximum atomic E-state index is 12.0. The van der Waals surface area contributed by atoms with Crippen LogP contribution in [0.1, 0.15) is 35.9 Å². The summed E-state index contributed by atoms with van der Waals surface area (Å²) in [5.41, 5.74) is 6.62. The molecule has 1 aliphatic rings. The van der Waals surface area contributed by atoms with Crippen molar-refractivity contribution in [1.82, 2.24) is 9.97 Å². The van der Waals surface area contributed by atoms with Gasteiger partial charge in [-0.2, -0.15) is 0 Å². The van der Waals surface area contributed by atoms with Gasteiger partial charge in [0.05, 0.1) is 17.2 Å². The van der Waals surface area contributed by atoms with Crippen molar-refractivity contribution in [2.75, 3.05) is 36.6 Å². The van der Waals surface area contributed by atoms with Crippen molar-refractivity contribution in [3.8, 4) is 0 Å². The molecule has 2 heterocycles. The predicted molar refractivity (Wildman–Crippen MR) is 115 cm³/mol. The van der Waals surface area contributed by atoms with E-state index in [-0.39, 0.29) is 16.4 Å². The van der Waals surface area contributed by atoms with Gasteiger partial charge in [-0.15, -0.1) is 0 Å². The van der Waals surface area contributed by atoms with Crippen LogP contribution in [-0.2, 0) is 21.0 Å². The van der Waals surface area contributed by atoms with Gasteiger partial charge in [-0.1, -0.05) is 13.0 Å². The van der Waals surface area contributed by atoms with Crippen LogP contribution in [0.4, 0.5) is 17.3 Å². The van der Waals surface area contributed by atoms with E-state index in [9.17, 15) is 13.2 Å². The Morgan fingerprint density at radius 3 is 2.73 bits per heavy atom. The third kappa shape index (κ3) is 5.45. The molecule has 1 atom stereocenters. The molecule has 30 heavy (non-hydrogen) atoms. The van der Waals surface area contributed by atoms with Gasteiger partial charge in [-0.25, -0.2) is 18.4 Å². The second kappa shape index (κ2) is 9.40. The van der Waals surface area contributed by atoms with E-state index in [1.165, 1.54) is 12.1 Å². The normalized spacial score (nSPS) is 16.8. The van der Waals surface area contributed by atoms with E-state index >= 15 is 0 Å². The first-order chi connectivity index (χ1) is 14.3. The molecular formula is C20H27N5O4S. The third-order valence-electron chi connectivity index (χ3n) is 4.87. The molecule has 1 aromatic heterocycles. The molecule has 1 aromatic carbocycles. The van der Waals surface area contributed by atoms with Crippen molar-refractivity contribution in [3.05, 3.63) is 35.7 Å². The average molecular weight is 434 g/mol. The first kappa shape index (κ1) is 22.0. The van der Waals surface area contributed by atoms with Gasteiger partial charge in [0, 0.05) is 25.1 Å². The average Bonchev–Trinajstić information content (AvgIpc) is 2.72. The van der Waals surface area contributed by atoms with Gasteiger partial charge >= 0.3 is 0 Å². The molecular weight excluding hydrogens is 406 g/mol. The lowest BCUT2D eigenvalue weighted by atomic mass is 10.0. The molecule has 10 heteroatoms. The van der Waals surface area contributed by atoms with Gasteiger partial charge < -0.3 is 21.1 Å². The van der Waals surface area contributed by atoms with Crippen LogP contribution in [-0.4, -0.2) is 50.3 Å². The number of carbonyl (C=O) groups excluding carboxylic acids is 1. The molecule has 1 saturated heterocycles. The topological polar surface area (TPSA) is 136 Å². The lowest BCUT2D eigenvalue weighted by molar-refractivity contribution is 0.0594. The highest BCUT2D eigenvalue weighted by Gasteiger charge is 2.19. The predicted octanol–water partition coefficient (Wildman–Crippen LogP) is 2.12. The molecule has 0 radical (unpaired) electrons. The Kier molecular flexibility index (Phi) is 6.88. The van der Waals surface area contributed by atoms with Crippen LogP contribution >= 0.6 is 0 Å². The van der Waals surface area contributed by atoms with E-state index in [2.05, 4.69) is 20.6 Å². The Hall–Kier alpha value is -2.72. The number of sulfone groups is 1. The molecule has 1 unspecified atom stereocenters. The summed E-state index contributed by atoms with van der Waals surface area (Å²) in [4.78, 5) is 21.1. The van der Waals surface area contributed by atoms with Crippen LogP contribution in [0.25, 0.3) is 0 Å². The fourth-order valence-electron chi connectivity index (χ4n) is 3.27. The quantitative estimate of drug-likeness (QED) is 0.576. The van der Waals surface area contributed by atoms with Crippen molar-refractivity contribution in [2.24, 2.45) is 11.7 Å². The minimum atomic E-state index is -3.38. The monoisotopic (exact) mass is 433 g/mol. The van der Waals surface area contributed by atoms with Gasteiger partial charge in [0.1, 0.15) is 5.82 Å². The van der Waals surface area contributed by atoms with Gasteiger partial charge in [0.15, 0.2) is 21.3 Å². The Balaban J connectivity index is 1.91. The van der Waals surface area contributed by atoms with Crippen LogP contribution in [0.5, 0.6) is 0 Å². The zero-order valence-electron chi connectivity index (χ0n) is 17.1. The first-order valence-electron chi connectivity index (χ1n) is 9.87. The maximum absolute atomic E-state index is 12.0. The zero-order valence-corrected chi connectivity index (χ0v) is 18.0. The lowest BCUT2D eigenvalue weighted by Gasteiger charge is -2.23. The first-order valence-corrected chi connectivity index (χ1v) is 11.8. The summed E-state index contributed by atoms with van der Waals surface area (Å²) in [5, 5.41) is 6.31. The molecule has 1 amide bonds. The molecule has 1 fully saturated rings. The van der Waals surface area contributed by atoms with E-state index < -0.39 is 15.7 Å². The molecule has 3 rings (SSSR count). The second-order valence-electron chi connectivity index (χ2n) is 7.32. The Labute approximate surface area is 176 Å². The van der Waals surface area contributed by atoms with Gasteiger partial charge in [-0.05, 0) is 43.4 Å². The number of aryl methyl sites for hydroxylation is 1. The molecule has 0 bridgehead atoms. The van der Waals surface area contributed by atoms with Crippen molar-refractivity contribution in [3.63, 3.8) is 0 Å². The van der Waals surface area contributed by atoms with Crippen LogP contribution < -0.4 is 16.4 Å². The van der Waals surface area contributed by atoms with E-state index in [1.54, 1.807) is 12.1 Å².